The summed E-state index contributed by atoms with van der Waals surface area (Å²) in [4.78, 5) is 34.8. The van der Waals surface area contributed by atoms with Crippen LogP contribution in [0.2, 0.25) is 0 Å². The van der Waals surface area contributed by atoms with Gasteiger partial charge in [0.05, 0.1) is 12.3 Å². The summed E-state index contributed by atoms with van der Waals surface area (Å²) < 4.78 is 0. The van der Waals surface area contributed by atoms with Gasteiger partial charge in [0, 0.05) is 26.1 Å². The fourth-order valence-electron chi connectivity index (χ4n) is 1.69. The minimum Gasteiger partial charge on any atom is -0.481 e. The van der Waals surface area contributed by atoms with Crippen molar-refractivity contribution in [1.82, 2.24) is 10.2 Å². The van der Waals surface area contributed by atoms with Crippen molar-refractivity contribution in [3.8, 4) is 0 Å². The van der Waals surface area contributed by atoms with E-state index in [0.717, 1.165) is 0 Å². The molecule has 0 bridgehead atoms. The van der Waals surface area contributed by atoms with Gasteiger partial charge in [-0.1, -0.05) is 0 Å². The molecular weight excluding hydrogens is 212 g/mol. The molecule has 1 aliphatic heterocycles. The third kappa shape index (κ3) is 3.22. The maximum atomic E-state index is 11.6. The second-order valence-electron chi connectivity index (χ2n) is 3.77. The van der Waals surface area contributed by atoms with Gasteiger partial charge < -0.3 is 15.3 Å². The molecule has 1 unspecified atom stereocenters. The quantitative estimate of drug-likeness (QED) is 0.660. The van der Waals surface area contributed by atoms with Gasteiger partial charge in [-0.2, -0.15) is 0 Å². The maximum Gasteiger partial charge on any atom is 0.305 e. The topological polar surface area (TPSA) is 86.7 Å². The number of hydrogen-bond acceptors (Lipinski definition) is 3. The van der Waals surface area contributed by atoms with Crippen molar-refractivity contribution < 1.29 is 19.5 Å². The Labute approximate surface area is 93.6 Å². The van der Waals surface area contributed by atoms with E-state index in [1.54, 1.807) is 4.90 Å². The molecule has 16 heavy (non-hydrogen) atoms. The molecule has 1 atom stereocenters. The van der Waals surface area contributed by atoms with Gasteiger partial charge in [0.2, 0.25) is 11.8 Å². The highest BCUT2D eigenvalue weighted by atomic mass is 16.4. The Morgan fingerprint density at radius 3 is 2.75 bits per heavy atom. The van der Waals surface area contributed by atoms with Crippen LogP contribution in [0.25, 0.3) is 0 Å². The Kier molecular flexibility index (Phi) is 4.28. The van der Waals surface area contributed by atoms with Gasteiger partial charge in [0.1, 0.15) is 0 Å². The molecule has 0 aliphatic carbocycles. The van der Waals surface area contributed by atoms with Gasteiger partial charge in [-0.25, -0.2) is 0 Å². The van der Waals surface area contributed by atoms with E-state index < -0.39 is 5.97 Å². The predicted octanol–water partition coefficient (Wildman–Crippen LogP) is -0.554. The lowest BCUT2D eigenvalue weighted by Gasteiger charge is -2.13. The zero-order valence-corrected chi connectivity index (χ0v) is 9.23. The smallest absolute Gasteiger partial charge is 0.305 e. The minimum absolute atomic E-state index is 0.0131. The van der Waals surface area contributed by atoms with Gasteiger partial charge in [-0.05, 0) is 6.92 Å². The van der Waals surface area contributed by atoms with Crippen LogP contribution in [0.1, 0.15) is 19.8 Å². The van der Waals surface area contributed by atoms with E-state index in [-0.39, 0.29) is 37.1 Å². The van der Waals surface area contributed by atoms with Crippen molar-refractivity contribution in [3.63, 3.8) is 0 Å². The van der Waals surface area contributed by atoms with E-state index in [9.17, 15) is 14.4 Å². The van der Waals surface area contributed by atoms with Crippen molar-refractivity contribution in [2.24, 2.45) is 5.92 Å². The molecule has 6 nitrogen and oxygen atoms in total. The summed E-state index contributed by atoms with van der Waals surface area (Å²) in [5.41, 5.74) is 0. The Bertz CT molecular complexity index is 303. The average Bonchev–Trinajstić information content (AvgIpc) is 2.59. The first-order chi connectivity index (χ1) is 7.54. The molecule has 0 aromatic rings. The van der Waals surface area contributed by atoms with Crippen molar-refractivity contribution in [1.29, 1.82) is 0 Å². The zero-order valence-electron chi connectivity index (χ0n) is 9.23. The van der Waals surface area contributed by atoms with Crippen molar-refractivity contribution >= 4 is 17.8 Å². The Morgan fingerprint density at radius 2 is 2.25 bits per heavy atom. The van der Waals surface area contributed by atoms with E-state index in [1.807, 2.05) is 6.92 Å². The van der Waals surface area contributed by atoms with Gasteiger partial charge in [-0.3, -0.25) is 14.4 Å². The molecule has 1 heterocycles. The molecule has 2 amide bonds. The minimum atomic E-state index is -0.946. The number of likely N-dealkylation sites (tertiary alicyclic amines) is 1. The van der Waals surface area contributed by atoms with Crippen LogP contribution in [0, 0.1) is 5.92 Å². The van der Waals surface area contributed by atoms with Gasteiger partial charge in [0.15, 0.2) is 0 Å². The molecule has 0 aromatic heterocycles. The SMILES string of the molecule is CCN1CC(C(=O)NCCC(=O)O)CC1=O. The summed E-state index contributed by atoms with van der Waals surface area (Å²) in [5.74, 6) is -1.52. The number of carboxylic acid groups (broad SMARTS) is 1. The van der Waals surface area contributed by atoms with Crippen LogP contribution in [-0.4, -0.2) is 47.4 Å². The highest BCUT2D eigenvalue weighted by Crippen LogP contribution is 2.17. The van der Waals surface area contributed by atoms with Crippen LogP contribution in [0.15, 0.2) is 0 Å². The van der Waals surface area contributed by atoms with E-state index in [1.165, 1.54) is 0 Å². The lowest BCUT2D eigenvalue weighted by molar-refractivity contribution is -0.137. The number of amides is 2. The highest BCUT2D eigenvalue weighted by molar-refractivity contribution is 5.89. The van der Waals surface area contributed by atoms with E-state index in [2.05, 4.69) is 5.32 Å². The van der Waals surface area contributed by atoms with Crippen LogP contribution in [0.3, 0.4) is 0 Å². The van der Waals surface area contributed by atoms with E-state index >= 15 is 0 Å². The van der Waals surface area contributed by atoms with Crippen LogP contribution in [-0.2, 0) is 14.4 Å². The third-order valence-corrected chi connectivity index (χ3v) is 2.61. The first-order valence-electron chi connectivity index (χ1n) is 5.31. The zero-order chi connectivity index (χ0) is 12.1. The number of carbonyl (C=O) groups excluding carboxylic acids is 2. The molecule has 1 saturated heterocycles. The van der Waals surface area contributed by atoms with Gasteiger partial charge in [-0.15, -0.1) is 0 Å². The second kappa shape index (κ2) is 5.48. The molecular formula is C10H16N2O4. The first-order valence-corrected chi connectivity index (χ1v) is 5.31. The van der Waals surface area contributed by atoms with E-state index in [4.69, 9.17) is 5.11 Å². The molecule has 0 saturated carbocycles. The highest BCUT2D eigenvalue weighted by Gasteiger charge is 2.32. The van der Waals surface area contributed by atoms with Gasteiger partial charge >= 0.3 is 5.97 Å². The third-order valence-electron chi connectivity index (χ3n) is 2.61. The Balaban J connectivity index is 2.33. The monoisotopic (exact) mass is 228 g/mol. The summed E-state index contributed by atoms with van der Waals surface area (Å²) in [6.07, 6.45) is 0.136. The van der Waals surface area contributed by atoms with Crippen molar-refractivity contribution in [2.45, 2.75) is 19.8 Å². The van der Waals surface area contributed by atoms with Crippen molar-refractivity contribution in [2.75, 3.05) is 19.6 Å². The Hall–Kier alpha value is -1.59. The summed E-state index contributed by atoms with van der Waals surface area (Å²) in [6.45, 7) is 3.03. The standard InChI is InChI=1S/C10H16N2O4/c1-2-12-6-7(5-8(12)13)10(16)11-4-3-9(14)15/h7H,2-6H2,1H3,(H,11,16)(H,14,15). The first kappa shape index (κ1) is 12.5. The Morgan fingerprint density at radius 1 is 1.56 bits per heavy atom. The molecule has 2 N–H and O–H groups in total. The van der Waals surface area contributed by atoms with Crippen LogP contribution >= 0.6 is 0 Å². The van der Waals surface area contributed by atoms with Crippen LogP contribution in [0.5, 0.6) is 0 Å². The molecule has 6 heteroatoms. The number of hydrogen-bond donors (Lipinski definition) is 2. The summed E-state index contributed by atoms with van der Waals surface area (Å²) in [7, 11) is 0. The number of carbonyl (C=O) groups is 3. The lowest BCUT2D eigenvalue weighted by Crippen LogP contribution is -2.34. The fraction of sp³-hybridized carbons (Fsp3) is 0.700. The van der Waals surface area contributed by atoms with Crippen LogP contribution in [0.4, 0.5) is 0 Å². The number of aliphatic carboxylic acids is 1. The summed E-state index contributed by atoms with van der Waals surface area (Å²) >= 11 is 0. The number of nitrogens with zero attached hydrogens (tertiary/aromatic N) is 1. The molecule has 0 aromatic carbocycles. The van der Waals surface area contributed by atoms with E-state index in [0.29, 0.717) is 13.1 Å². The molecule has 0 spiro atoms. The lowest BCUT2D eigenvalue weighted by atomic mass is 10.1. The second-order valence-corrected chi connectivity index (χ2v) is 3.77. The molecule has 0 radical (unpaired) electrons. The normalized spacial score (nSPS) is 19.9. The summed E-state index contributed by atoms with van der Waals surface area (Å²) in [5, 5.41) is 10.9. The van der Waals surface area contributed by atoms with Gasteiger partial charge in [0.25, 0.3) is 0 Å². The number of carboxylic acids is 1. The average molecular weight is 228 g/mol. The molecule has 1 rings (SSSR count). The molecule has 90 valence electrons. The summed E-state index contributed by atoms with van der Waals surface area (Å²) in [6, 6.07) is 0. The molecule has 1 fully saturated rings. The van der Waals surface area contributed by atoms with Crippen molar-refractivity contribution in [3.05, 3.63) is 0 Å². The van der Waals surface area contributed by atoms with Crippen LogP contribution < -0.4 is 5.32 Å². The number of nitrogens with one attached hydrogen (secondary N) is 1. The fourth-order valence-corrected chi connectivity index (χ4v) is 1.69. The maximum absolute atomic E-state index is 11.6. The molecule has 1 aliphatic rings. The predicted molar refractivity (Wildman–Crippen MR) is 55.6 cm³/mol. The largest absolute Gasteiger partial charge is 0.481 e. The number of rotatable bonds is 5.